The Bertz CT molecular complexity index is 1230. The largest absolute Gasteiger partial charge is 0.508 e. The van der Waals surface area contributed by atoms with E-state index in [4.69, 9.17) is 9.57 Å². The Labute approximate surface area is 189 Å². The average Bonchev–Trinajstić information content (AvgIpc) is 3.35. The molecule has 3 aromatic rings. The molecular weight excluding hydrogens is 424 g/mol. The second kappa shape index (κ2) is 8.07. The molecule has 2 amide bonds. The molecule has 2 aliphatic rings. The molecule has 2 fully saturated rings. The molecule has 8 heteroatoms. The lowest BCUT2D eigenvalue weighted by Crippen LogP contribution is -2.37. The molecule has 3 atom stereocenters. The Hall–Kier alpha value is -4.17. The second-order valence-corrected chi connectivity index (χ2v) is 7.77. The highest BCUT2D eigenvalue weighted by molar-refractivity contribution is 6.24. The summed E-state index contributed by atoms with van der Waals surface area (Å²) in [6, 6.07) is 21.1. The Morgan fingerprint density at radius 2 is 1.55 bits per heavy atom. The number of para-hydroxylation sites is 2. The number of phenols is 1. The van der Waals surface area contributed by atoms with Crippen LogP contribution in [0.15, 0.2) is 78.9 Å². The van der Waals surface area contributed by atoms with Gasteiger partial charge in [0.2, 0.25) is 5.91 Å². The highest BCUT2D eigenvalue weighted by atomic mass is 16.7. The molecule has 1 N–H and O–H groups in total. The average molecular weight is 444 g/mol. The predicted molar refractivity (Wildman–Crippen MR) is 118 cm³/mol. The molecule has 0 radical (unpaired) electrons. The lowest BCUT2D eigenvalue weighted by molar-refractivity contribution is -0.126. The van der Waals surface area contributed by atoms with E-state index in [1.807, 2.05) is 30.3 Å². The number of nitrogens with zero attached hydrogens (tertiary/aromatic N) is 2. The van der Waals surface area contributed by atoms with Crippen LogP contribution in [0.5, 0.6) is 5.75 Å². The molecule has 8 nitrogen and oxygen atoms in total. The van der Waals surface area contributed by atoms with Gasteiger partial charge in [-0.3, -0.25) is 14.4 Å². The van der Waals surface area contributed by atoms with Gasteiger partial charge in [-0.05, 0) is 42.5 Å². The van der Waals surface area contributed by atoms with Crippen LogP contribution in [0.25, 0.3) is 0 Å². The number of carbonyl (C=O) groups is 3. The maximum Gasteiger partial charge on any atom is 0.337 e. The van der Waals surface area contributed by atoms with E-state index >= 15 is 0 Å². The maximum atomic E-state index is 13.6. The number of hydrogen-bond acceptors (Lipinski definition) is 7. The maximum absolute atomic E-state index is 13.6. The van der Waals surface area contributed by atoms with Crippen molar-refractivity contribution >= 4 is 29.2 Å². The monoisotopic (exact) mass is 444 g/mol. The predicted octanol–water partition coefficient (Wildman–Crippen LogP) is 3.23. The highest BCUT2D eigenvalue weighted by Gasteiger charge is 2.60. The molecule has 2 saturated heterocycles. The van der Waals surface area contributed by atoms with E-state index in [0.717, 1.165) is 4.90 Å². The van der Waals surface area contributed by atoms with Crippen molar-refractivity contribution in [1.29, 1.82) is 0 Å². The summed E-state index contributed by atoms with van der Waals surface area (Å²) in [5.41, 5.74) is 1.78. The van der Waals surface area contributed by atoms with E-state index in [1.165, 1.54) is 42.5 Å². The Morgan fingerprint density at radius 3 is 2.21 bits per heavy atom. The molecule has 3 aromatic carbocycles. The number of methoxy groups -OCH3 is 1. The fourth-order valence-corrected chi connectivity index (χ4v) is 4.39. The first kappa shape index (κ1) is 20.7. The highest BCUT2D eigenvalue weighted by Crippen LogP contribution is 2.49. The van der Waals surface area contributed by atoms with E-state index in [2.05, 4.69) is 0 Å². The van der Waals surface area contributed by atoms with E-state index in [9.17, 15) is 19.5 Å². The van der Waals surface area contributed by atoms with Gasteiger partial charge >= 0.3 is 5.97 Å². The first-order chi connectivity index (χ1) is 16.0. The van der Waals surface area contributed by atoms with E-state index in [1.54, 1.807) is 18.2 Å². The zero-order valence-electron chi connectivity index (χ0n) is 17.6. The van der Waals surface area contributed by atoms with E-state index in [-0.39, 0.29) is 5.75 Å². The summed E-state index contributed by atoms with van der Waals surface area (Å²) in [6.45, 7) is 0. The quantitative estimate of drug-likeness (QED) is 0.488. The summed E-state index contributed by atoms with van der Waals surface area (Å²) >= 11 is 0. The first-order valence-corrected chi connectivity index (χ1v) is 10.4. The van der Waals surface area contributed by atoms with Crippen molar-refractivity contribution in [2.75, 3.05) is 17.1 Å². The molecule has 0 saturated carbocycles. The molecule has 0 unspecified atom stereocenters. The summed E-state index contributed by atoms with van der Waals surface area (Å²) in [5, 5.41) is 12.1. The minimum atomic E-state index is -1.05. The lowest BCUT2D eigenvalue weighted by atomic mass is 9.90. The van der Waals surface area contributed by atoms with Crippen molar-refractivity contribution in [3.8, 4) is 5.75 Å². The van der Waals surface area contributed by atoms with Crippen LogP contribution in [0, 0.1) is 5.92 Å². The molecular formula is C25H20N2O6. The van der Waals surface area contributed by atoms with Crippen LogP contribution in [-0.4, -0.2) is 36.1 Å². The van der Waals surface area contributed by atoms with Crippen LogP contribution in [0.4, 0.5) is 11.4 Å². The number of hydrogen-bond donors (Lipinski definition) is 1. The summed E-state index contributed by atoms with van der Waals surface area (Å²) in [6.07, 6.45) is -1.05. The van der Waals surface area contributed by atoms with Gasteiger partial charge in [-0.2, -0.15) is 0 Å². The van der Waals surface area contributed by atoms with Crippen LogP contribution in [0.2, 0.25) is 0 Å². The number of imide groups is 1. The zero-order valence-corrected chi connectivity index (χ0v) is 17.6. The Balaban J connectivity index is 1.54. The summed E-state index contributed by atoms with van der Waals surface area (Å²) in [4.78, 5) is 45.7. The fourth-order valence-electron chi connectivity index (χ4n) is 4.39. The summed E-state index contributed by atoms with van der Waals surface area (Å²) in [5.74, 6) is -2.32. The number of carbonyl (C=O) groups excluding carboxylic acids is 3. The number of hydroxylamine groups is 1. The topological polar surface area (TPSA) is 96.4 Å². The number of ether oxygens (including phenoxy) is 1. The van der Waals surface area contributed by atoms with Gasteiger partial charge < -0.3 is 9.84 Å². The number of phenolic OH excluding ortho intramolecular Hbond substituents is 1. The van der Waals surface area contributed by atoms with Crippen molar-refractivity contribution in [3.05, 3.63) is 90.0 Å². The van der Waals surface area contributed by atoms with Crippen LogP contribution < -0.4 is 9.96 Å². The Morgan fingerprint density at radius 1 is 0.879 bits per heavy atom. The van der Waals surface area contributed by atoms with Crippen molar-refractivity contribution in [3.63, 3.8) is 0 Å². The molecule has 0 bridgehead atoms. The normalized spacial score (nSPS) is 21.9. The van der Waals surface area contributed by atoms with Gasteiger partial charge in [-0.1, -0.05) is 36.4 Å². The van der Waals surface area contributed by atoms with Gasteiger partial charge in [0.15, 0.2) is 6.10 Å². The van der Waals surface area contributed by atoms with E-state index in [0.29, 0.717) is 22.5 Å². The Kier molecular flexibility index (Phi) is 5.07. The number of rotatable bonds is 4. The minimum Gasteiger partial charge on any atom is -0.508 e. The third-order valence-electron chi connectivity index (χ3n) is 5.93. The van der Waals surface area contributed by atoms with Gasteiger partial charge in [-0.15, -0.1) is 0 Å². The number of esters is 1. The number of aromatic hydroxyl groups is 1. The molecule has 5 rings (SSSR count). The van der Waals surface area contributed by atoms with Crippen molar-refractivity contribution in [2.24, 2.45) is 5.92 Å². The van der Waals surface area contributed by atoms with Gasteiger partial charge in [0, 0.05) is 5.56 Å². The van der Waals surface area contributed by atoms with Crippen molar-refractivity contribution < 1.29 is 29.1 Å². The molecule has 33 heavy (non-hydrogen) atoms. The molecule has 0 spiro atoms. The number of benzene rings is 3. The number of anilines is 2. The van der Waals surface area contributed by atoms with Crippen molar-refractivity contribution in [2.45, 2.75) is 12.1 Å². The van der Waals surface area contributed by atoms with Crippen LogP contribution in [0.1, 0.15) is 22.0 Å². The molecule has 0 aromatic heterocycles. The minimum absolute atomic E-state index is 0.00816. The van der Waals surface area contributed by atoms with Crippen LogP contribution >= 0.6 is 0 Å². The summed E-state index contributed by atoms with van der Waals surface area (Å²) in [7, 11) is 1.28. The first-order valence-electron chi connectivity index (χ1n) is 10.4. The smallest absolute Gasteiger partial charge is 0.337 e. The summed E-state index contributed by atoms with van der Waals surface area (Å²) < 4.78 is 4.70. The standard InChI is InChI=1S/C25H20N2O6/c1-32-25(31)15-11-13-16(14-12-15)26-23(29)20-21(18-9-5-6-10-19(18)28)27(33-22(20)24(26)30)17-7-3-2-4-8-17/h2-14,20-22,28H,1H3/t20-,21+,22-/m0/s1. The molecule has 2 aliphatic heterocycles. The number of fused-ring (bicyclic) bond motifs is 1. The zero-order chi connectivity index (χ0) is 23.1. The van der Waals surface area contributed by atoms with Gasteiger partial charge in [0.1, 0.15) is 11.7 Å². The third kappa shape index (κ3) is 3.32. The van der Waals surface area contributed by atoms with Gasteiger partial charge in [-0.25, -0.2) is 14.8 Å². The molecule has 0 aliphatic carbocycles. The molecule has 166 valence electrons. The van der Waals surface area contributed by atoms with Gasteiger partial charge in [0.05, 0.1) is 30.1 Å². The van der Waals surface area contributed by atoms with E-state index < -0.39 is 35.8 Å². The number of amides is 2. The lowest BCUT2D eigenvalue weighted by Gasteiger charge is -2.29. The SMILES string of the molecule is COC(=O)c1ccc(N2C(=O)[C@@H]3[C@H](ON(c4ccccc4)[C@@H]3c3ccccc3O)C2=O)cc1. The molecule has 2 heterocycles. The van der Waals surface area contributed by atoms with Gasteiger partial charge in [0.25, 0.3) is 5.91 Å². The fraction of sp³-hybridized carbons (Fsp3) is 0.160. The second-order valence-electron chi connectivity index (χ2n) is 7.77. The van der Waals surface area contributed by atoms with Crippen LogP contribution in [0.3, 0.4) is 0 Å². The third-order valence-corrected chi connectivity index (χ3v) is 5.93. The van der Waals surface area contributed by atoms with Crippen LogP contribution in [-0.2, 0) is 19.2 Å². The van der Waals surface area contributed by atoms with Crippen molar-refractivity contribution in [1.82, 2.24) is 0 Å².